The number of halogens is 2. The summed E-state index contributed by atoms with van der Waals surface area (Å²) in [7, 11) is 0. The van der Waals surface area contributed by atoms with Crippen molar-refractivity contribution < 1.29 is 18.7 Å². The molecule has 1 aromatic rings. The highest BCUT2D eigenvalue weighted by molar-refractivity contribution is 9.10. The van der Waals surface area contributed by atoms with Crippen molar-refractivity contribution in [3.63, 3.8) is 0 Å². The predicted molar refractivity (Wildman–Crippen MR) is 76.9 cm³/mol. The molecule has 0 aliphatic rings. The summed E-state index contributed by atoms with van der Waals surface area (Å²) in [5.74, 6) is -1.88. The molecule has 0 aliphatic heterocycles. The van der Waals surface area contributed by atoms with Gasteiger partial charge < -0.3 is 10.1 Å². The van der Waals surface area contributed by atoms with Crippen LogP contribution in [0.15, 0.2) is 22.7 Å². The van der Waals surface area contributed by atoms with E-state index in [1.54, 1.807) is 20.8 Å². The van der Waals surface area contributed by atoms with Crippen molar-refractivity contribution in [3.05, 3.63) is 34.1 Å². The van der Waals surface area contributed by atoms with Crippen molar-refractivity contribution in [1.29, 1.82) is 0 Å². The highest BCUT2D eigenvalue weighted by Crippen LogP contribution is 2.16. The highest BCUT2D eigenvalue weighted by Gasteiger charge is 2.24. The van der Waals surface area contributed by atoms with E-state index >= 15 is 0 Å². The lowest BCUT2D eigenvalue weighted by molar-refractivity contribution is -0.156. The fraction of sp³-hybridized carbons (Fsp3) is 0.429. The minimum absolute atomic E-state index is 0.130. The molecule has 0 spiro atoms. The SMILES string of the molecule is C[C@H](NC(=O)c1cc(Br)ccc1F)C(=O)OC(C)(C)C. The Balaban J connectivity index is 2.75. The third kappa shape index (κ3) is 4.92. The largest absolute Gasteiger partial charge is 0.458 e. The van der Waals surface area contributed by atoms with Gasteiger partial charge in [0.15, 0.2) is 0 Å². The van der Waals surface area contributed by atoms with Crippen LogP contribution in [-0.4, -0.2) is 23.5 Å². The number of hydrogen-bond donors (Lipinski definition) is 1. The second-order valence-electron chi connectivity index (χ2n) is 5.35. The number of rotatable bonds is 3. The van der Waals surface area contributed by atoms with E-state index in [-0.39, 0.29) is 5.56 Å². The molecule has 0 heterocycles. The molecule has 1 atom stereocenters. The molecular weight excluding hydrogens is 329 g/mol. The van der Waals surface area contributed by atoms with Crippen molar-refractivity contribution in [2.24, 2.45) is 0 Å². The summed E-state index contributed by atoms with van der Waals surface area (Å²) in [6, 6.07) is 3.16. The van der Waals surface area contributed by atoms with Crippen LogP contribution in [0.2, 0.25) is 0 Å². The number of nitrogens with one attached hydrogen (secondary N) is 1. The number of esters is 1. The van der Waals surface area contributed by atoms with Gasteiger partial charge in [-0.1, -0.05) is 15.9 Å². The second-order valence-corrected chi connectivity index (χ2v) is 6.27. The number of amides is 1. The Morgan fingerprint density at radius 2 is 1.95 bits per heavy atom. The molecule has 1 rings (SSSR count). The van der Waals surface area contributed by atoms with Gasteiger partial charge in [-0.25, -0.2) is 9.18 Å². The zero-order chi connectivity index (χ0) is 15.5. The van der Waals surface area contributed by atoms with E-state index in [9.17, 15) is 14.0 Å². The van der Waals surface area contributed by atoms with Gasteiger partial charge in [0, 0.05) is 4.47 Å². The molecule has 4 nitrogen and oxygen atoms in total. The smallest absolute Gasteiger partial charge is 0.328 e. The number of carbonyl (C=O) groups is 2. The fourth-order valence-corrected chi connectivity index (χ4v) is 1.76. The second kappa shape index (κ2) is 6.35. The number of carbonyl (C=O) groups excluding carboxylic acids is 2. The predicted octanol–water partition coefficient (Wildman–Crippen LogP) is 3.05. The van der Waals surface area contributed by atoms with Gasteiger partial charge in [0.25, 0.3) is 5.91 Å². The molecule has 0 saturated carbocycles. The van der Waals surface area contributed by atoms with Crippen LogP contribution < -0.4 is 5.32 Å². The van der Waals surface area contributed by atoms with Crippen LogP contribution in [-0.2, 0) is 9.53 Å². The third-order valence-corrected chi connectivity index (χ3v) is 2.77. The molecule has 0 bridgehead atoms. The normalized spacial score (nSPS) is 12.7. The highest BCUT2D eigenvalue weighted by atomic mass is 79.9. The molecule has 0 aliphatic carbocycles. The van der Waals surface area contributed by atoms with Gasteiger partial charge in [0.2, 0.25) is 0 Å². The molecule has 0 radical (unpaired) electrons. The minimum Gasteiger partial charge on any atom is -0.458 e. The van der Waals surface area contributed by atoms with Gasteiger partial charge in [-0.05, 0) is 45.9 Å². The summed E-state index contributed by atoms with van der Waals surface area (Å²) in [6.07, 6.45) is 0. The van der Waals surface area contributed by atoms with Gasteiger partial charge in [-0.2, -0.15) is 0 Å². The maximum absolute atomic E-state index is 13.5. The Kier molecular flexibility index (Phi) is 5.28. The first kappa shape index (κ1) is 16.6. The van der Waals surface area contributed by atoms with Crippen molar-refractivity contribution >= 4 is 27.8 Å². The van der Waals surface area contributed by atoms with Crippen LogP contribution in [0, 0.1) is 5.82 Å². The molecule has 0 aromatic heterocycles. The summed E-state index contributed by atoms with van der Waals surface area (Å²) in [5.41, 5.74) is -0.772. The Labute approximate surface area is 125 Å². The third-order valence-electron chi connectivity index (χ3n) is 2.28. The molecule has 0 fully saturated rings. The van der Waals surface area contributed by atoms with E-state index in [1.807, 2.05) is 0 Å². The number of ether oxygens (including phenoxy) is 1. The molecule has 1 aromatic carbocycles. The molecule has 1 amide bonds. The standard InChI is InChI=1S/C14H17BrFNO3/c1-8(13(19)20-14(2,3)4)17-12(18)10-7-9(15)5-6-11(10)16/h5-8H,1-4H3,(H,17,18)/t8-/m0/s1. The summed E-state index contributed by atoms with van der Waals surface area (Å²) in [6.45, 7) is 6.68. The molecule has 0 saturated heterocycles. The van der Waals surface area contributed by atoms with Crippen LogP contribution in [0.5, 0.6) is 0 Å². The maximum Gasteiger partial charge on any atom is 0.328 e. The summed E-state index contributed by atoms with van der Waals surface area (Å²) in [4.78, 5) is 23.7. The van der Waals surface area contributed by atoms with Gasteiger partial charge >= 0.3 is 5.97 Å². The van der Waals surface area contributed by atoms with Crippen molar-refractivity contribution in [2.75, 3.05) is 0 Å². The Morgan fingerprint density at radius 3 is 2.50 bits per heavy atom. The van der Waals surface area contributed by atoms with Crippen LogP contribution in [0.3, 0.4) is 0 Å². The van der Waals surface area contributed by atoms with Crippen molar-refractivity contribution in [2.45, 2.75) is 39.3 Å². The van der Waals surface area contributed by atoms with Gasteiger partial charge in [-0.15, -0.1) is 0 Å². The first-order chi connectivity index (χ1) is 9.10. The van der Waals surface area contributed by atoms with Crippen LogP contribution in [0.1, 0.15) is 38.1 Å². The minimum atomic E-state index is -0.861. The van der Waals surface area contributed by atoms with E-state index in [1.165, 1.54) is 25.1 Å². The van der Waals surface area contributed by atoms with E-state index in [0.717, 1.165) is 0 Å². The molecule has 20 heavy (non-hydrogen) atoms. The lowest BCUT2D eigenvalue weighted by atomic mass is 10.1. The summed E-state index contributed by atoms with van der Waals surface area (Å²) >= 11 is 3.16. The molecular formula is C14H17BrFNO3. The summed E-state index contributed by atoms with van der Waals surface area (Å²) in [5, 5.41) is 2.41. The van der Waals surface area contributed by atoms with E-state index in [2.05, 4.69) is 21.2 Å². The maximum atomic E-state index is 13.5. The Bertz CT molecular complexity index is 526. The first-order valence-corrected chi connectivity index (χ1v) is 6.88. The van der Waals surface area contributed by atoms with E-state index in [0.29, 0.717) is 4.47 Å². The lowest BCUT2D eigenvalue weighted by Gasteiger charge is -2.22. The monoisotopic (exact) mass is 345 g/mol. The zero-order valence-corrected chi connectivity index (χ0v) is 13.4. The van der Waals surface area contributed by atoms with E-state index < -0.39 is 29.3 Å². The van der Waals surface area contributed by atoms with Gasteiger partial charge in [0.05, 0.1) is 5.56 Å². The van der Waals surface area contributed by atoms with Gasteiger partial charge in [-0.3, -0.25) is 4.79 Å². The van der Waals surface area contributed by atoms with Crippen LogP contribution >= 0.6 is 15.9 Å². The average molecular weight is 346 g/mol. The van der Waals surface area contributed by atoms with Crippen LogP contribution in [0.4, 0.5) is 4.39 Å². The average Bonchev–Trinajstić information content (AvgIpc) is 2.29. The van der Waals surface area contributed by atoms with E-state index in [4.69, 9.17) is 4.74 Å². The van der Waals surface area contributed by atoms with Crippen LogP contribution in [0.25, 0.3) is 0 Å². The number of benzene rings is 1. The lowest BCUT2D eigenvalue weighted by Crippen LogP contribution is -2.42. The quantitative estimate of drug-likeness (QED) is 0.856. The zero-order valence-electron chi connectivity index (χ0n) is 11.8. The fourth-order valence-electron chi connectivity index (χ4n) is 1.39. The molecule has 0 unspecified atom stereocenters. The topological polar surface area (TPSA) is 55.4 Å². The Hall–Kier alpha value is -1.43. The molecule has 6 heteroatoms. The van der Waals surface area contributed by atoms with Crippen molar-refractivity contribution in [3.8, 4) is 0 Å². The summed E-state index contributed by atoms with van der Waals surface area (Å²) < 4.78 is 19.3. The van der Waals surface area contributed by atoms with Crippen molar-refractivity contribution in [1.82, 2.24) is 5.32 Å². The molecule has 110 valence electrons. The first-order valence-electron chi connectivity index (χ1n) is 6.09. The van der Waals surface area contributed by atoms with Gasteiger partial charge in [0.1, 0.15) is 17.5 Å². The number of hydrogen-bond acceptors (Lipinski definition) is 3. The Morgan fingerprint density at radius 1 is 1.35 bits per heavy atom. The molecule has 1 N–H and O–H groups in total.